The van der Waals surface area contributed by atoms with E-state index in [1.165, 1.54) is 0 Å². The number of nitrogens with two attached hydrogens (primary N) is 2. The highest BCUT2D eigenvalue weighted by atomic mass is 16.2. The Labute approximate surface area is 117 Å². The van der Waals surface area contributed by atoms with Crippen LogP contribution in [0.25, 0.3) is 0 Å². The third-order valence-corrected chi connectivity index (χ3v) is 4.15. The van der Waals surface area contributed by atoms with Gasteiger partial charge in [0.25, 0.3) is 0 Å². The summed E-state index contributed by atoms with van der Waals surface area (Å²) in [5, 5.41) is 0. The number of rotatable bonds is 2. The Balaban J connectivity index is 1.85. The largest absolute Gasteiger partial charge is 0.397 e. The van der Waals surface area contributed by atoms with Crippen molar-refractivity contribution in [3.63, 3.8) is 0 Å². The fourth-order valence-electron chi connectivity index (χ4n) is 3.05. The SMILES string of the molecule is NC(=O)c1ccc(N)c(N2CCN3C(=O)CCC3C2)c1. The van der Waals surface area contributed by atoms with E-state index in [1.807, 2.05) is 4.90 Å². The molecule has 1 aromatic carbocycles. The molecule has 0 saturated carbocycles. The van der Waals surface area contributed by atoms with Crippen molar-refractivity contribution in [1.29, 1.82) is 0 Å². The van der Waals surface area contributed by atoms with Crippen molar-refractivity contribution >= 4 is 23.2 Å². The second-order valence-corrected chi connectivity index (χ2v) is 5.36. The van der Waals surface area contributed by atoms with Gasteiger partial charge >= 0.3 is 0 Å². The van der Waals surface area contributed by atoms with Gasteiger partial charge in [0, 0.05) is 37.7 Å². The van der Waals surface area contributed by atoms with E-state index in [0.29, 0.717) is 24.2 Å². The molecule has 1 aromatic rings. The van der Waals surface area contributed by atoms with Crippen LogP contribution in [0.15, 0.2) is 18.2 Å². The molecule has 0 radical (unpaired) electrons. The fraction of sp³-hybridized carbons (Fsp3) is 0.429. The second kappa shape index (κ2) is 4.70. The second-order valence-electron chi connectivity index (χ2n) is 5.36. The van der Waals surface area contributed by atoms with Crippen LogP contribution >= 0.6 is 0 Å². The molecule has 1 unspecified atom stereocenters. The van der Waals surface area contributed by atoms with Gasteiger partial charge in [-0.05, 0) is 24.6 Å². The van der Waals surface area contributed by atoms with E-state index in [9.17, 15) is 9.59 Å². The number of piperazine rings is 1. The standard InChI is InChI=1S/C14H18N4O2/c15-11-3-1-9(14(16)20)7-12(11)17-5-6-18-10(8-17)2-4-13(18)19/h1,3,7,10H,2,4-6,8,15H2,(H2,16,20). The van der Waals surface area contributed by atoms with Crippen LogP contribution in [0.3, 0.4) is 0 Å². The molecule has 4 N–H and O–H groups in total. The maximum atomic E-state index is 11.7. The summed E-state index contributed by atoms with van der Waals surface area (Å²) in [7, 11) is 0. The zero-order valence-electron chi connectivity index (χ0n) is 11.2. The zero-order valence-corrected chi connectivity index (χ0v) is 11.2. The van der Waals surface area contributed by atoms with Crippen LogP contribution in [0, 0.1) is 0 Å². The number of anilines is 2. The minimum Gasteiger partial charge on any atom is -0.397 e. The lowest BCUT2D eigenvalue weighted by atomic mass is 10.1. The van der Waals surface area contributed by atoms with Crippen molar-refractivity contribution < 1.29 is 9.59 Å². The smallest absolute Gasteiger partial charge is 0.248 e. The normalized spacial score (nSPS) is 22.0. The molecule has 2 heterocycles. The predicted molar refractivity (Wildman–Crippen MR) is 76.3 cm³/mol. The Morgan fingerprint density at radius 1 is 1.30 bits per heavy atom. The maximum Gasteiger partial charge on any atom is 0.248 e. The third kappa shape index (κ3) is 2.07. The van der Waals surface area contributed by atoms with E-state index in [-0.39, 0.29) is 11.9 Å². The van der Waals surface area contributed by atoms with E-state index in [0.717, 1.165) is 25.2 Å². The highest BCUT2D eigenvalue weighted by Gasteiger charge is 2.35. The topological polar surface area (TPSA) is 92.7 Å². The summed E-state index contributed by atoms with van der Waals surface area (Å²) in [4.78, 5) is 27.1. The van der Waals surface area contributed by atoms with Gasteiger partial charge < -0.3 is 21.3 Å². The summed E-state index contributed by atoms with van der Waals surface area (Å²) in [6, 6.07) is 5.34. The van der Waals surface area contributed by atoms with Gasteiger partial charge in [-0.1, -0.05) is 0 Å². The van der Waals surface area contributed by atoms with Gasteiger partial charge in [0.15, 0.2) is 0 Å². The quantitative estimate of drug-likeness (QED) is 0.752. The van der Waals surface area contributed by atoms with Crippen LogP contribution in [0.4, 0.5) is 11.4 Å². The number of nitrogen functional groups attached to an aromatic ring is 1. The van der Waals surface area contributed by atoms with Gasteiger partial charge in [-0.3, -0.25) is 9.59 Å². The maximum absolute atomic E-state index is 11.7. The van der Waals surface area contributed by atoms with Crippen molar-refractivity contribution in [1.82, 2.24) is 4.90 Å². The van der Waals surface area contributed by atoms with Crippen molar-refractivity contribution in [3.8, 4) is 0 Å². The average molecular weight is 274 g/mol. The van der Waals surface area contributed by atoms with E-state index < -0.39 is 5.91 Å². The van der Waals surface area contributed by atoms with Crippen molar-refractivity contribution in [3.05, 3.63) is 23.8 Å². The van der Waals surface area contributed by atoms with E-state index in [2.05, 4.69) is 4.90 Å². The Hall–Kier alpha value is -2.24. The molecule has 0 spiro atoms. The lowest BCUT2D eigenvalue weighted by molar-refractivity contribution is -0.129. The molecule has 1 atom stereocenters. The summed E-state index contributed by atoms with van der Waals surface area (Å²) >= 11 is 0. The van der Waals surface area contributed by atoms with Crippen LogP contribution in [0.2, 0.25) is 0 Å². The molecular formula is C14H18N4O2. The fourth-order valence-corrected chi connectivity index (χ4v) is 3.05. The third-order valence-electron chi connectivity index (χ3n) is 4.15. The van der Waals surface area contributed by atoms with Crippen LogP contribution in [0.1, 0.15) is 23.2 Å². The van der Waals surface area contributed by atoms with Crippen LogP contribution in [-0.4, -0.2) is 42.4 Å². The summed E-state index contributed by atoms with van der Waals surface area (Å²) in [6.07, 6.45) is 1.53. The van der Waals surface area contributed by atoms with Crippen molar-refractivity contribution in [2.24, 2.45) is 5.73 Å². The van der Waals surface area contributed by atoms with Crippen LogP contribution in [0.5, 0.6) is 0 Å². The summed E-state index contributed by atoms with van der Waals surface area (Å²) in [6.45, 7) is 2.20. The zero-order chi connectivity index (χ0) is 14.3. The van der Waals surface area contributed by atoms with E-state index in [1.54, 1.807) is 18.2 Å². The Morgan fingerprint density at radius 3 is 2.85 bits per heavy atom. The van der Waals surface area contributed by atoms with E-state index in [4.69, 9.17) is 11.5 Å². The van der Waals surface area contributed by atoms with Gasteiger partial charge in [0.2, 0.25) is 11.8 Å². The first kappa shape index (κ1) is 12.8. The minimum absolute atomic E-state index is 0.244. The molecule has 0 aromatic heterocycles. The lowest BCUT2D eigenvalue weighted by Crippen LogP contribution is -2.51. The highest BCUT2D eigenvalue weighted by Crippen LogP contribution is 2.30. The van der Waals surface area contributed by atoms with Gasteiger partial charge in [-0.25, -0.2) is 0 Å². The molecule has 6 heteroatoms. The summed E-state index contributed by atoms with van der Waals surface area (Å²) in [5.74, 6) is -0.213. The molecular weight excluding hydrogens is 256 g/mol. The van der Waals surface area contributed by atoms with Crippen LogP contribution in [-0.2, 0) is 4.79 Å². The molecule has 2 aliphatic heterocycles. The van der Waals surface area contributed by atoms with E-state index >= 15 is 0 Å². The first-order valence-electron chi connectivity index (χ1n) is 6.80. The first-order chi connectivity index (χ1) is 9.56. The molecule has 0 aliphatic carbocycles. The Kier molecular flexibility index (Phi) is 3.00. The number of nitrogens with zero attached hydrogens (tertiary/aromatic N) is 2. The lowest BCUT2D eigenvalue weighted by Gasteiger charge is -2.39. The molecule has 6 nitrogen and oxygen atoms in total. The highest BCUT2D eigenvalue weighted by molar-refractivity contribution is 5.95. The number of primary amides is 1. The number of carbonyl (C=O) groups excluding carboxylic acids is 2. The Morgan fingerprint density at radius 2 is 2.10 bits per heavy atom. The number of benzene rings is 1. The number of carbonyl (C=O) groups is 2. The van der Waals surface area contributed by atoms with Gasteiger partial charge in [0.1, 0.15) is 0 Å². The van der Waals surface area contributed by atoms with Gasteiger partial charge in [-0.2, -0.15) is 0 Å². The number of hydrogen-bond acceptors (Lipinski definition) is 4. The molecule has 0 bridgehead atoms. The molecule has 20 heavy (non-hydrogen) atoms. The van der Waals surface area contributed by atoms with Gasteiger partial charge in [0.05, 0.1) is 11.4 Å². The van der Waals surface area contributed by atoms with Gasteiger partial charge in [-0.15, -0.1) is 0 Å². The average Bonchev–Trinajstić information content (AvgIpc) is 2.80. The minimum atomic E-state index is -0.457. The molecule has 2 saturated heterocycles. The number of fused-ring (bicyclic) bond motifs is 1. The Bertz CT molecular complexity index is 572. The molecule has 2 amide bonds. The number of hydrogen-bond donors (Lipinski definition) is 2. The molecule has 3 rings (SSSR count). The molecule has 2 fully saturated rings. The first-order valence-corrected chi connectivity index (χ1v) is 6.80. The monoisotopic (exact) mass is 274 g/mol. The van der Waals surface area contributed by atoms with Crippen LogP contribution < -0.4 is 16.4 Å². The van der Waals surface area contributed by atoms with Crippen molar-refractivity contribution in [2.45, 2.75) is 18.9 Å². The number of amides is 2. The molecule has 106 valence electrons. The predicted octanol–water partition coefficient (Wildman–Crippen LogP) is 0.179. The molecule has 2 aliphatic rings. The van der Waals surface area contributed by atoms with Crippen molar-refractivity contribution in [2.75, 3.05) is 30.3 Å². The summed E-state index contributed by atoms with van der Waals surface area (Å²) in [5.41, 5.74) is 13.2. The summed E-state index contributed by atoms with van der Waals surface area (Å²) < 4.78 is 0.